The van der Waals surface area contributed by atoms with Crippen LogP contribution in [-0.2, 0) is 4.74 Å². The monoisotopic (exact) mass is 276 g/mol. The third kappa shape index (κ3) is 5.14. The van der Waals surface area contributed by atoms with Crippen molar-refractivity contribution in [2.75, 3.05) is 37.7 Å². The molecular weight excluding hydrogens is 248 g/mol. The lowest BCUT2D eigenvalue weighted by molar-refractivity contribution is 0.130. The van der Waals surface area contributed by atoms with E-state index in [1.165, 1.54) is 31.4 Å². The Bertz CT molecular complexity index is 347. The number of anilines is 1. The number of hydrogen-bond acceptors (Lipinski definition) is 3. The fourth-order valence-electron chi connectivity index (χ4n) is 2.66. The van der Waals surface area contributed by atoms with E-state index in [4.69, 9.17) is 4.74 Å². The SMILES string of the molecule is CCCCOCCNC1CCN(c2ccccc2)CC1. The Morgan fingerprint density at radius 3 is 2.60 bits per heavy atom. The first-order valence-electron chi connectivity index (χ1n) is 8.01. The fraction of sp³-hybridized carbons (Fsp3) is 0.647. The average molecular weight is 276 g/mol. The normalized spacial score (nSPS) is 16.6. The minimum absolute atomic E-state index is 0.657. The number of nitrogens with zero attached hydrogens (tertiary/aromatic N) is 1. The lowest BCUT2D eigenvalue weighted by atomic mass is 10.0. The maximum absolute atomic E-state index is 5.58. The highest BCUT2D eigenvalue weighted by Crippen LogP contribution is 2.19. The van der Waals surface area contributed by atoms with Gasteiger partial charge in [-0.05, 0) is 31.4 Å². The van der Waals surface area contributed by atoms with E-state index < -0.39 is 0 Å². The number of nitrogens with one attached hydrogen (secondary N) is 1. The van der Waals surface area contributed by atoms with E-state index in [9.17, 15) is 0 Å². The second kappa shape index (κ2) is 8.98. The van der Waals surface area contributed by atoms with Gasteiger partial charge in [-0.2, -0.15) is 0 Å². The van der Waals surface area contributed by atoms with Crippen LogP contribution in [-0.4, -0.2) is 38.9 Å². The molecule has 1 N–H and O–H groups in total. The molecule has 0 aromatic heterocycles. The average Bonchev–Trinajstić information content (AvgIpc) is 2.52. The second-order valence-corrected chi connectivity index (χ2v) is 5.52. The van der Waals surface area contributed by atoms with Gasteiger partial charge in [0.25, 0.3) is 0 Å². The van der Waals surface area contributed by atoms with Gasteiger partial charge in [-0.1, -0.05) is 31.5 Å². The summed E-state index contributed by atoms with van der Waals surface area (Å²) in [6.07, 6.45) is 4.84. The zero-order valence-electron chi connectivity index (χ0n) is 12.7. The zero-order valence-corrected chi connectivity index (χ0v) is 12.7. The summed E-state index contributed by atoms with van der Waals surface area (Å²) >= 11 is 0. The molecule has 1 aromatic carbocycles. The van der Waals surface area contributed by atoms with Crippen LogP contribution < -0.4 is 10.2 Å². The lowest BCUT2D eigenvalue weighted by Gasteiger charge is -2.34. The van der Waals surface area contributed by atoms with Gasteiger partial charge in [0.1, 0.15) is 0 Å². The summed E-state index contributed by atoms with van der Waals surface area (Å²) in [6.45, 7) is 7.24. The van der Waals surface area contributed by atoms with Crippen molar-refractivity contribution < 1.29 is 4.74 Å². The van der Waals surface area contributed by atoms with Crippen LogP contribution in [0.3, 0.4) is 0 Å². The van der Waals surface area contributed by atoms with Crippen molar-refractivity contribution in [3.05, 3.63) is 30.3 Å². The Morgan fingerprint density at radius 2 is 1.90 bits per heavy atom. The summed E-state index contributed by atoms with van der Waals surface area (Å²) in [5, 5.41) is 3.62. The molecule has 0 amide bonds. The molecule has 1 saturated heterocycles. The topological polar surface area (TPSA) is 24.5 Å². The number of para-hydroxylation sites is 1. The lowest BCUT2D eigenvalue weighted by Crippen LogP contribution is -2.43. The minimum atomic E-state index is 0.657. The van der Waals surface area contributed by atoms with E-state index in [-0.39, 0.29) is 0 Å². The van der Waals surface area contributed by atoms with Gasteiger partial charge in [-0.25, -0.2) is 0 Å². The van der Waals surface area contributed by atoms with Crippen molar-refractivity contribution in [2.24, 2.45) is 0 Å². The van der Waals surface area contributed by atoms with Gasteiger partial charge < -0.3 is 15.0 Å². The van der Waals surface area contributed by atoms with Crippen LogP contribution in [0.2, 0.25) is 0 Å². The Balaban J connectivity index is 1.58. The van der Waals surface area contributed by atoms with E-state index in [0.717, 1.165) is 32.8 Å². The summed E-state index contributed by atoms with van der Waals surface area (Å²) in [5.41, 5.74) is 1.36. The van der Waals surface area contributed by atoms with Crippen LogP contribution in [0.1, 0.15) is 32.6 Å². The highest BCUT2D eigenvalue weighted by Gasteiger charge is 2.18. The third-order valence-corrected chi connectivity index (χ3v) is 3.94. The molecule has 0 radical (unpaired) electrons. The molecule has 1 aliphatic rings. The first kappa shape index (κ1) is 15.3. The molecule has 0 saturated carbocycles. The van der Waals surface area contributed by atoms with Gasteiger partial charge in [-0.15, -0.1) is 0 Å². The molecule has 1 aliphatic heterocycles. The summed E-state index contributed by atoms with van der Waals surface area (Å²) < 4.78 is 5.58. The van der Waals surface area contributed by atoms with Crippen molar-refractivity contribution in [2.45, 2.75) is 38.6 Å². The van der Waals surface area contributed by atoms with E-state index >= 15 is 0 Å². The molecule has 0 spiro atoms. The van der Waals surface area contributed by atoms with Crippen molar-refractivity contribution in [1.29, 1.82) is 0 Å². The molecule has 0 unspecified atom stereocenters. The first-order valence-corrected chi connectivity index (χ1v) is 8.01. The predicted molar refractivity (Wildman–Crippen MR) is 85.4 cm³/mol. The summed E-state index contributed by atoms with van der Waals surface area (Å²) in [7, 11) is 0. The van der Waals surface area contributed by atoms with E-state index in [1.807, 2.05) is 0 Å². The minimum Gasteiger partial charge on any atom is -0.380 e. The van der Waals surface area contributed by atoms with Gasteiger partial charge in [0.05, 0.1) is 6.61 Å². The van der Waals surface area contributed by atoms with E-state index in [0.29, 0.717) is 6.04 Å². The molecule has 1 heterocycles. The summed E-state index contributed by atoms with van der Waals surface area (Å²) in [6, 6.07) is 11.4. The fourth-order valence-corrected chi connectivity index (χ4v) is 2.66. The van der Waals surface area contributed by atoms with Crippen LogP contribution in [0, 0.1) is 0 Å². The van der Waals surface area contributed by atoms with Gasteiger partial charge in [0.15, 0.2) is 0 Å². The number of piperidine rings is 1. The van der Waals surface area contributed by atoms with Gasteiger partial charge in [0.2, 0.25) is 0 Å². The van der Waals surface area contributed by atoms with Crippen LogP contribution in [0.25, 0.3) is 0 Å². The van der Waals surface area contributed by atoms with Gasteiger partial charge >= 0.3 is 0 Å². The molecule has 20 heavy (non-hydrogen) atoms. The largest absolute Gasteiger partial charge is 0.380 e. The molecule has 1 aromatic rings. The highest BCUT2D eigenvalue weighted by atomic mass is 16.5. The number of ether oxygens (including phenoxy) is 1. The number of benzene rings is 1. The third-order valence-electron chi connectivity index (χ3n) is 3.94. The number of rotatable bonds is 8. The Labute approximate surface area is 123 Å². The van der Waals surface area contributed by atoms with Crippen LogP contribution in [0.15, 0.2) is 30.3 Å². The summed E-state index contributed by atoms with van der Waals surface area (Å²) in [4.78, 5) is 2.48. The highest BCUT2D eigenvalue weighted by molar-refractivity contribution is 5.46. The quantitative estimate of drug-likeness (QED) is 0.739. The maximum atomic E-state index is 5.58. The van der Waals surface area contributed by atoms with Crippen LogP contribution in [0.5, 0.6) is 0 Å². The molecule has 0 aliphatic carbocycles. The molecular formula is C17H28N2O. The van der Waals surface area contributed by atoms with Crippen molar-refractivity contribution in [3.63, 3.8) is 0 Å². The van der Waals surface area contributed by atoms with Crippen LogP contribution >= 0.6 is 0 Å². The maximum Gasteiger partial charge on any atom is 0.0591 e. The molecule has 2 rings (SSSR count). The molecule has 1 fully saturated rings. The first-order chi connectivity index (χ1) is 9.90. The van der Waals surface area contributed by atoms with Crippen molar-refractivity contribution in [1.82, 2.24) is 5.32 Å². The Kier molecular flexibility index (Phi) is 6.89. The van der Waals surface area contributed by atoms with E-state index in [2.05, 4.69) is 47.5 Å². The molecule has 0 atom stereocenters. The van der Waals surface area contributed by atoms with Crippen LogP contribution in [0.4, 0.5) is 5.69 Å². The van der Waals surface area contributed by atoms with Crippen molar-refractivity contribution >= 4 is 5.69 Å². The second-order valence-electron chi connectivity index (χ2n) is 5.52. The van der Waals surface area contributed by atoms with E-state index in [1.54, 1.807) is 0 Å². The number of unbranched alkanes of at least 4 members (excludes halogenated alkanes) is 1. The zero-order chi connectivity index (χ0) is 14.0. The number of hydrogen-bond donors (Lipinski definition) is 1. The molecule has 112 valence electrons. The predicted octanol–water partition coefficient (Wildman–Crippen LogP) is 3.06. The molecule has 0 bridgehead atoms. The molecule has 3 nitrogen and oxygen atoms in total. The van der Waals surface area contributed by atoms with Gasteiger partial charge in [0, 0.05) is 38.0 Å². The Hall–Kier alpha value is -1.06. The van der Waals surface area contributed by atoms with Gasteiger partial charge in [-0.3, -0.25) is 0 Å². The molecule has 3 heteroatoms. The standard InChI is InChI=1S/C17H28N2O/c1-2-3-14-20-15-11-18-16-9-12-19(13-10-16)17-7-5-4-6-8-17/h4-8,16,18H,2-3,9-15H2,1H3. The summed E-state index contributed by atoms with van der Waals surface area (Å²) in [5.74, 6) is 0. The van der Waals surface area contributed by atoms with Crippen molar-refractivity contribution in [3.8, 4) is 0 Å². The smallest absolute Gasteiger partial charge is 0.0591 e. The Morgan fingerprint density at radius 1 is 1.15 bits per heavy atom.